The predicted octanol–water partition coefficient (Wildman–Crippen LogP) is 5.44. The number of hydrogen-bond acceptors (Lipinski definition) is 3. The minimum absolute atomic E-state index is 0.227. The van der Waals surface area contributed by atoms with Gasteiger partial charge in [-0.2, -0.15) is 39.5 Å². The third-order valence-corrected chi connectivity index (χ3v) is 4.95. The monoisotopic (exact) mass is 525 g/mol. The molecule has 194 valence electrons. The standard InChI is InChI=1S/C22H16F9N3O2/c23-20(24,25)12-3-1-2-11(8-12)18(22(29,30)31)34-17(35)7-6-14-9-16(21(26,27)28)15(10-32-14)19(36)33-13-4-5-13/h1-3,6-10,13,18H,4-5H2,(H,33,36)(H,34,35). The summed E-state index contributed by atoms with van der Waals surface area (Å²) in [5, 5.41) is 3.87. The Hall–Kier alpha value is -3.58. The molecule has 0 spiro atoms. The average molecular weight is 525 g/mol. The minimum Gasteiger partial charge on any atom is -0.349 e. The number of alkyl halides is 9. The second kappa shape index (κ2) is 9.82. The van der Waals surface area contributed by atoms with Crippen molar-refractivity contribution >= 4 is 17.9 Å². The van der Waals surface area contributed by atoms with E-state index in [0.29, 0.717) is 43.3 Å². The predicted molar refractivity (Wildman–Crippen MR) is 107 cm³/mol. The summed E-state index contributed by atoms with van der Waals surface area (Å²) in [6.45, 7) is 0. The van der Waals surface area contributed by atoms with E-state index < -0.39 is 64.3 Å². The van der Waals surface area contributed by atoms with E-state index in [1.54, 1.807) is 0 Å². The van der Waals surface area contributed by atoms with Gasteiger partial charge in [-0.15, -0.1) is 0 Å². The van der Waals surface area contributed by atoms with Gasteiger partial charge in [0.15, 0.2) is 6.04 Å². The molecule has 0 radical (unpaired) electrons. The number of halogens is 9. The van der Waals surface area contributed by atoms with Crippen molar-refractivity contribution in [3.63, 3.8) is 0 Å². The zero-order valence-corrected chi connectivity index (χ0v) is 17.9. The van der Waals surface area contributed by atoms with Gasteiger partial charge in [0.1, 0.15) is 0 Å². The Bertz CT molecular complexity index is 1170. The number of amides is 2. The van der Waals surface area contributed by atoms with Crippen LogP contribution in [0.3, 0.4) is 0 Å². The van der Waals surface area contributed by atoms with Gasteiger partial charge in [0.05, 0.1) is 22.4 Å². The van der Waals surface area contributed by atoms with Gasteiger partial charge >= 0.3 is 18.5 Å². The van der Waals surface area contributed by atoms with Crippen molar-refractivity contribution in [2.75, 3.05) is 0 Å². The molecule has 14 heteroatoms. The second-order valence-electron chi connectivity index (χ2n) is 7.84. The SMILES string of the molecule is O=C(C=Cc1cc(C(F)(F)F)c(C(=O)NC2CC2)cn1)NC(c1cccc(C(F)(F)F)c1)C(F)(F)F. The fourth-order valence-corrected chi connectivity index (χ4v) is 3.07. The number of carbonyl (C=O) groups is 2. The minimum atomic E-state index is -5.19. The van der Waals surface area contributed by atoms with E-state index in [2.05, 4.69) is 10.3 Å². The number of nitrogens with zero attached hydrogens (tertiary/aromatic N) is 1. The largest absolute Gasteiger partial charge is 0.417 e. The van der Waals surface area contributed by atoms with Crippen LogP contribution in [0.1, 0.15) is 51.6 Å². The van der Waals surface area contributed by atoms with E-state index in [-0.39, 0.29) is 12.1 Å². The molecule has 2 N–H and O–H groups in total. The fraction of sp³-hybridized carbons (Fsp3) is 0.318. The molecule has 3 rings (SSSR count). The topological polar surface area (TPSA) is 71.1 Å². The summed E-state index contributed by atoms with van der Waals surface area (Å²) in [5.74, 6) is -2.46. The maximum Gasteiger partial charge on any atom is 0.417 e. The van der Waals surface area contributed by atoms with Crippen LogP contribution in [0.15, 0.2) is 42.6 Å². The van der Waals surface area contributed by atoms with Crippen molar-refractivity contribution in [2.45, 2.75) is 43.5 Å². The molecule has 0 aliphatic heterocycles. The fourth-order valence-electron chi connectivity index (χ4n) is 3.07. The van der Waals surface area contributed by atoms with Gasteiger partial charge in [-0.3, -0.25) is 14.6 Å². The van der Waals surface area contributed by atoms with Crippen LogP contribution in [0.2, 0.25) is 0 Å². The molecule has 2 amide bonds. The van der Waals surface area contributed by atoms with Gasteiger partial charge in [0, 0.05) is 18.3 Å². The van der Waals surface area contributed by atoms with Crippen molar-refractivity contribution in [3.8, 4) is 0 Å². The van der Waals surface area contributed by atoms with Gasteiger partial charge in [-0.25, -0.2) is 0 Å². The summed E-state index contributed by atoms with van der Waals surface area (Å²) in [6, 6.07) is -0.367. The highest BCUT2D eigenvalue weighted by Crippen LogP contribution is 2.36. The van der Waals surface area contributed by atoms with Crippen LogP contribution >= 0.6 is 0 Å². The summed E-state index contributed by atoms with van der Waals surface area (Å²) >= 11 is 0. The van der Waals surface area contributed by atoms with Gasteiger partial charge in [-0.1, -0.05) is 12.1 Å². The lowest BCUT2D eigenvalue weighted by molar-refractivity contribution is -0.162. The second-order valence-corrected chi connectivity index (χ2v) is 7.84. The highest BCUT2D eigenvalue weighted by molar-refractivity contribution is 5.96. The molecule has 1 aromatic heterocycles. The van der Waals surface area contributed by atoms with Crippen molar-refractivity contribution in [1.82, 2.24) is 15.6 Å². The first-order valence-corrected chi connectivity index (χ1v) is 10.2. The van der Waals surface area contributed by atoms with Gasteiger partial charge in [0.25, 0.3) is 5.91 Å². The number of pyridine rings is 1. The molecule has 2 aromatic rings. The molecule has 5 nitrogen and oxygen atoms in total. The van der Waals surface area contributed by atoms with E-state index in [1.165, 1.54) is 5.32 Å². The van der Waals surface area contributed by atoms with Crippen LogP contribution in [0.4, 0.5) is 39.5 Å². The number of hydrogen-bond donors (Lipinski definition) is 2. The Labute approximate surface area is 197 Å². The summed E-state index contributed by atoms with van der Waals surface area (Å²) < 4.78 is 119. The van der Waals surface area contributed by atoms with Crippen LogP contribution < -0.4 is 10.6 Å². The highest BCUT2D eigenvalue weighted by atomic mass is 19.4. The molecule has 1 atom stereocenters. The van der Waals surface area contributed by atoms with E-state index in [9.17, 15) is 49.1 Å². The molecule has 1 aliphatic rings. The lowest BCUT2D eigenvalue weighted by Gasteiger charge is -2.22. The van der Waals surface area contributed by atoms with Crippen LogP contribution in [0.5, 0.6) is 0 Å². The maximum atomic E-state index is 13.5. The number of nitrogens with one attached hydrogen (secondary N) is 2. The van der Waals surface area contributed by atoms with Gasteiger partial charge in [0.2, 0.25) is 5.91 Å². The first-order valence-electron chi connectivity index (χ1n) is 10.2. The Morgan fingerprint density at radius 3 is 2.19 bits per heavy atom. The first-order chi connectivity index (χ1) is 16.6. The zero-order chi connectivity index (χ0) is 26.9. The van der Waals surface area contributed by atoms with Crippen LogP contribution in [0.25, 0.3) is 6.08 Å². The van der Waals surface area contributed by atoms with Crippen molar-refractivity contribution in [3.05, 3.63) is 70.6 Å². The van der Waals surface area contributed by atoms with E-state index in [1.807, 2.05) is 0 Å². The van der Waals surface area contributed by atoms with Gasteiger partial charge < -0.3 is 10.6 Å². The summed E-state index contributed by atoms with van der Waals surface area (Å²) in [6.07, 6.45) is -12.1. The lowest BCUT2D eigenvalue weighted by Crippen LogP contribution is -2.37. The normalized spacial score (nSPS) is 15.6. The Morgan fingerprint density at radius 1 is 0.972 bits per heavy atom. The van der Waals surface area contributed by atoms with Crippen molar-refractivity contribution in [2.24, 2.45) is 0 Å². The van der Waals surface area contributed by atoms with E-state index in [4.69, 9.17) is 0 Å². The molecule has 0 saturated heterocycles. The molecular weight excluding hydrogens is 509 g/mol. The Kier molecular flexibility index (Phi) is 7.37. The molecule has 0 bridgehead atoms. The van der Waals surface area contributed by atoms with Crippen LogP contribution in [0, 0.1) is 0 Å². The molecule has 1 heterocycles. The molecule has 1 aliphatic carbocycles. The Morgan fingerprint density at radius 2 is 1.64 bits per heavy atom. The molecule has 1 unspecified atom stereocenters. The molecular formula is C22H16F9N3O2. The average Bonchev–Trinajstić information content (AvgIpc) is 3.58. The summed E-state index contributed by atoms with van der Waals surface area (Å²) in [7, 11) is 0. The number of benzene rings is 1. The zero-order valence-electron chi connectivity index (χ0n) is 17.9. The van der Waals surface area contributed by atoms with E-state index in [0.717, 1.165) is 12.1 Å². The molecule has 1 aromatic carbocycles. The van der Waals surface area contributed by atoms with E-state index >= 15 is 0 Å². The number of carbonyl (C=O) groups excluding carboxylic acids is 2. The number of rotatable bonds is 6. The van der Waals surface area contributed by atoms with Crippen LogP contribution in [-0.2, 0) is 17.1 Å². The highest BCUT2D eigenvalue weighted by Gasteiger charge is 2.43. The summed E-state index contributed by atoms with van der Waals surface area (Å²) in [4.78, 5) is 27.8. The molecule has 1 saturated carbocycles. The number of aromatic nitrogens is 1. The van der Waals surface area contributed by atoms with Crippen molar-refractivity contribution < 1.29 is 49.1 Å². The molecule has 36 heavy (non-hydrogen) atoms. The smallest absolute Gasteiger partial charge is 0.349 e. The summed E-state index contributed by atoms with van der Waals surface area (Å²) in [5.41, 5.74) is -4.90. The van der Waals surface area contributed by atoms with Crippen molar-refractivity contribution in [1.29, 1.82) is 0 Å². The molecule has 1 fully saturated rings. The van der Waals surface area contributed by atoms with Crippen LogP contribution in [-0.4, -0.2) is 29.0 Å². The lowest BCUT2D eigenvalue weighted by atomic mass is 10.0. The first kappa shape index (κ1) is 27.0. The third-order valence-electron chi connectivity index (χ3n) is 4.95. The third kappa shape index (κ3) is 6.98. The van der Waals surface area contributed by atoms with Gasteiger partial charge in [-0.05, 0) is 42.7 Å². The Balaban J connectivity index is 1.82. The quantitative estimate of drug-likeness (QED) is 0.390. The maximum absolute atomic E-state index is 13.5.